The highest BCUT2D eigenvalue weighted by Crippen LogP contribution is 2.35. The molecule has 1 aliphatic heterocycles. The Balaban J connectivity index is 2.14. The van der Waals surface area contributed by atoms with E-state index in [4.69, 9.17) is 0 Å². The van der Waals surface area contributed by atoms with Crippen molar-refractivity contribution in [2.75, 3.05) is 13.1 Å². The molecule has 1 saturated heterocycles. The Morgan fingerprint density at radius 3 is 3.00 bits per heavy atom. The molecule has 0 radical (unpaired) electrons. The van der Waals surface area contributed by atoms with Crippen LogP contribution in [0.4, 0.5) is 0 Å². The maximum atomic E-state index is 9.62. The molecule has 3 atom stereocenters. The van der Waals surface area contributed by atoms with Gasteiger partial charge in [-0.1, -0.05) is 12.2 Å². The lowest BCUT2D eigenvalue weighted by Crippen LogP contribution is -2.32. The number of aliphatic hydroxyl groups excluding tert-OH is 1. The van der Waals surface area contributed by atoms with Crippen molar-refractivity contribution in [2.24, 2.45) is 11.8 Å². The molecule has 1 aliphatic carbocycles. The number of fused-ring (bicyclic) bond motifs is 1. The first-order valence-corrected chi connectivity index (χ1v) is 4.35. The summed E-state index contributed by atoms with van der Waals surface area (Å²) in [6.07, 6.45) is 1.85. The van der Waals surface area contributed by atoms with Gasteiger partial charge in [-0.2, -0.15) is 0 Å². The van der Waals surface area contributed by atoms with Gasteiger partial charge in [0, 0.05) is 19.0 Å². The third kappa shape index (κ3) is 1.10. The number of hydrogen-bond acceptors (Lipinski definition) is 2. The predicted molar refractivity (Wildman–Crippen MR) is 44.2 cm³/mol. The van der Waals surface area contributed by atoms with E-state index in [0.29, 0.717) is 11.8 Å². The average Bonchev–Trinajstić information content (AvgIpc) is 2.45. The molecule has 0 spiro atoms. The first kappa shape index (κ1) is 7.32. The Hall–Kier alpha value is -0.340. The van der Waals surface area contributed by atoms with Crippen molar-refractivity contribution in [3.8, 4) is 0 Å². The fourth-order valence-corrected chi connectivity index (χ4v) is 2.28. The highest BCUT2D eigenvalue weighted by atomic mass is 16.3. The predicted octanol–water partition coefficient (Wildman–Crippen LogP) is 0.533. The van der Waals surface area contributed by atoms with Crippen LogP contribution < -0.4 is 5.32 Å². The summed E-state index contributed by atoms with van der Waals surface area (Å²) in [6.45, 7) is 6.05. The smallest absolute Gasteiger partial charge is 0.0589 e. The van der Waals surface area contributed by atoms with E-state index in [0.717, 1.165) is 25.9 Å². The van der Waals surface area contributed by atoms with Crippen LogP contribution in [0.3, 0.4) is 0 Å². The molecular weight excluding hydrogens is 138 g/mol. The second-order valence-electron chi connectivity index (χ2n) is 3.69. The van der Waals surface area contributed by atoms with Crippen molar-refractivity contribution in [1.29, 1.82) is 0 Å². The van der Waals surface area contributed by atoms with Gasteiger partial charge >= 0.3 is 0 Å². The maximum absolute atomic E-state index is 9.62. The zero-order valence-electron chi connectivity index (χ0n) is 6.71. The van der Waals surface area contributed by atoms with Gasteiger partial charge in [0.05, 0.1) is 6.10 Å². The van der Waals surface area contributed by atoms with Crippen molar-refractivity contribution in [1.82, 2.24) is 5.32 Å². The van der Waals surface area contributed by atoms with Gasteiger partial charge in [-0.15, -0.1) is 0 Å². The molecule has 2 heteroatoms. The van der Waals surface area contributed by atoms with E-state index in [2.05, 4.69) is 11.9 Å². The summed E-state index contributed by atoms with van der Waals surface area (Å²) in [5.74, 6) is 1.01. The van der Waals surface area contributed by atoms with Gasteiger partial charge < -0.3 is 10.4 Å². The van der Waals surface area contributed by atoms with Gasteiger partial charge in [0.2, 0.25) is 0 Å². The minimum atomic E-state index is -0.0829. The molecule has 0 aromatic heterocycles. The topological polar surface area (TPSA) is 32.3 Å². The number of aliphatic hydroxyl groups is 1. The first-order valence-electron chi connectivity index (χ1n) is 4.35. The minimum Gasteiger partial charge on any atom is -0.393 e. The summed E-state index contributed by atoms with van der Waals surface area (Å²) in [6, 6.07) is 0. The van der Waals surface area contributed by atoms with Gasteiger partial charge in [0.1, 0.15) is 0 Å². The lowest BCUT2D eigenvalue weighted by Gasteiger charge is -2.31. The van der Waals surface area contributed by atoms with Crippen LogP contribution in [0.1, 0.15) is 12.8 Å². The molecule has 2 rings (SSSR count). The van der Waals surface area contributed by atoms with Gasteiger partial charge in [0.15, 0.2) is 0 Å². The van der Waals surface area contributed by atoms with Crippen molar-refractivity contribution >= 4 is 0 Å². The van der Waals surface area contributed by atoms with Crippen LogP contribution in [-0.4, -0.2) is 24.3 Å². The second-order valence-corrected chi connectivity index (χ2v) is 3.69. The number of hydrogen-bond donors (Lipinski definition) is 2. The van der Waals surface area contributed by atoms with Gasteiger partial charge in [-0.25, -0.2) is 0 Å². The quantitative estimate of drug-likeness (QED) is 0.498. The van der Waals surface area contributed by atoms with E-state index in [1.54, 1.807) is 0 Å². The summed E-state index contributed by atoms with van der Waals surface area (Å²) >= 11 is 0. The van der Waals surface area contributed by atoms with Crippen LogP contribution >= 0.6 is 0 Å². The molecule has 1 saturated carbocycles. The largest absolute Gasteiger partial charge is 0.393 e. The van der Waals surface area contributed by atoms with Crippen molar-refractivity contribution in [3.63, 3.8) is 0 Å². The Morgan fingerprint density at radius 1 is 1.45 bits per heavy atom. The van der Waals surface area contributed by atoms with Crippen LogP contribution in [0.2, 0.25) is 0 Å². The van der Waals surface area contributed by atoms with Crippen molar-refractivity contribution in [3.05, 3.63) is 12.2 Å². The molecule has 0 aromatic rings. The second kappa shape index (κ2) is 2.61. The summed E-state index contributed by atoms with van der Waals surface area (Å²) in [5.41, 5.74) is 1.34. The Bertz CT molecular complexity index is 178. The molecule has 2 nitrogen and oxygen atoms in total. The van der Waals surface area contributed by atoms with Crippen LogP contribution in [0.15, 0.2) is 12.2 Å². The summed E-state index contributed by atoms with van der Waals surface area (Å²) in [7, 11) is 0. The van der Waals surface area contributed by atoms with Crippen LogP contribution in [0.5, 0.6) is 0 Å². The summed E-state index contributed by atoms with van der Waals surface area (Å²) in [4.78, 5) is 0. The lowest BCUT2D eigenvalue weighted by molar-refractivity contribution is 0.0766. The Morgan fingerprint density at radius 2 is 2.27 bits per heavy atom. The summed E-state index contributed by atoms with van der Waals surface area (Å²) < 4.78 is 0. The molecule has 2 N–H and O–H groups in total. The van der Waals surface area contributed by atoms with Gasteiger partial charge in [-0.05, 0) is 18.8 Å². The zero-order valence-corrected chi connectivity index (χ0v) is 6.71. The molecular formula is C9H15NO. The number of nitrogens with one attached hydrogen (secondary N) is 1. The van der Waals surface area contributed by atoms with E-state index in [9.17, 15) is 5.11 Å². The van der Waals surface area contributed by atoms with E-state index in [-0.39, 0.29) is 6.10 Å². The standard InChI is InChI=1S/C9H15NO/c1-6-2-3-9(11)8-5-10-4-7(6)8/h7-11H,1-5H2/t7?,8-,9?/m0/s1. The molecule has 11 heavy (non-hydrogen) atoms. The third-order valence-electron chi connectivity index (χ3n) is 3.04. The molecule has 2 fully saturated rings. The fourth-order valence-electron chi connectivity index (χ4n) is 2.28. The maximum Gasteiger partial charge on any atom is 0.0589 e. The average molecular weight is 153 g/mol. The van der Waals surface area contributed by atoms with Crippen molar-refractivity contribution < 1.29 is 5.11 Å². The van der Waals surface area contributed by atoms with Gasteiger partial charge in [0.25, 0.3) is 0 Å². The molecule has 62 valence electrons. The van der Waals surface area contributed by atoms with Crippen molar-refractivity contribution in [2.45, 2.75) is 18.9 Å². The molecule has 2 unspecified atom stereocenters. The first-order chi connectivity index (χ1) is 5.29. The zero-order chi connectivity index (χ0) is 7.84. The van der Waals surface area contributed by atoms with E-state index >= 15 is 0 Å². The molecule has 0 aromatic carbocycles. The highest BCUT2D eigenvalue weighted by molar-refractivity contribution is 5.11. The summed E-state index contributed by atoms with van der Waals surface area (Å²) in [5, 5.41) is 12.9. The highest BCUT2D eigenvalue weighted by Gasteiger charge is 2.37. The Kier molecular flexibility index (Phi) is 1.74. The molecule has 2 aliphatic rings. The number of rotatable bonds is 0. The Labute approximate surface area is 67.3 Å². The van der Waals surface area contributed by atoms with Crippen LogP contribution in [0.25, 0.3) is 0 Å². The monoisotopic (exact) mass is 153 g/mol. The van der Waals surface area contributed by atoms with E-state index in [1.165, 1.54) is 5.57 Å². The van der Waals surface area contributed by atoms with E-state index in [1.807, 2.05) is 0 Å². The fraction of sp³-hybridized carbons (Fsp3) is 0.778. The van der Waals surface area contributed by atoms with Gasteiger partial charge in [-0.3, -0.25) is 0 Å². The molecule has 0 bridgehead atoms. The van der Waals surface area contributed by atoms with Crippen LogP contribution in [0, 0.1) is 11.8 Å². The van der Waals surface area contributed by atoms with E-state index < -0.39 is 0 Å². The third-order valence-corrected chi connectivity index (χ3v) is 3.04. The minimum absolute atomic E-state index is 0.0829. The molecule has 1 heterocycles. The lowest BCUT2D eigenvalue weighted by atomic mass is 9.77. The SMILES string of the molecule is C=C1CCC(O)[C@H]2CNCC12. The normalized spacial score (nSPS) is 44.1. The molecule has 0 amide bonds. The van der Waals surface area contributed by atoms with Crippen LogP contribution in [-0.2, 0) is 0 Å².